The van der Waals surface area contributed by atoms with Gasteiger partial charge in [0, 0.05) is 13.1 Å². The summed E-state index contributed by atoms with van der Waals surface area (Å²) in [5, 5.41) is 0.146. The highest BCUT2D eigenvalue weighted by Crippen LogP contribution is 2.38. The molecule has 4 heteroatoms. The molecule has 1 heterocycles. The Morgan fingerprint density at radius 1 is 1.19 bits per heavy atom. The topological polar surface area (TPSA) is 29.5 Å². The molecule has 148 valence electrons. The van der Waals surface area contributed by atoms with E-state index in [4.69, 9.17) is 4.43 Å². The summed E-state index contributed by atoms with van der Waals surface area (Å²) in [4.78, 5) is 15.1. The van der Waals surface area contributed by atoms with E-state index in [1.54, 1.807) is 6.08 Å². The fourth-order valence-electron chi connectivity index (χ4n) is 3.06. The van der Waals surface area contributed by atoms with Crippen molar-refractivity contribution < 1.29 is 9.22 Å². The molecule has 0 radical (unpaired) electrons. The van der Waals surface area contributed by atoms with E-state index in [1.165, 1.54) is 0 Å². The van der Waals surface area contributed by atoms with Crippen molar-refractivity contribution in [2.45, 2.75) is 64.4 Å². The number of nitrogens with zero attached hydrogens (tertiary/aromatic N) is 1. The van der Waals surface area contributed by atoms with E-state index in [1.807, 2.05) is 23.1 Å². The summed E-state index contributed by atoms with van der Waals surface area (Å²) in [5.74, 6) is -0.0270. The van der Waals surface area contributed by atoms with Gasteiger partial charge < -0.3 is 9.33 Å². The second-order valence-electron chi connectivity index (χ2n) is 8.99. The highest BCUT2D eigenvalue weighted by molar-refractivity contribution is 6.74. The van der Waals surface area contributed by atoms with E-state index in [9.17, 15) is 4.79 Å². The van der Waals surface area contributed by atoms with E-state index in [-0.39, 0.29) is 23.0 Å². The van der Waals surface area contributed by atoms with Crippen LogP contribution in [0.5, 0.6) is 0 Å². The Kier molecular flexibility index (Phi) is 7.23. The molecule has 0 saturated heterocycles. The van der Waals surface area contributed by atoms with Gasteiger partial charge in [-0.2, -0.15) is 0 Å². The van der Waals surface area contributed by atoms with Gasteiger partial charge in [-0.25, -0.2) is 0 Å². The van der Waals surface area contributed by atoms with Crippen molar-refractivity contribution in [1.82, 2.24) is 4.90 Å². The molecule has 27 heavy (non-hydrogen) atoms. The van der Waals surface area contributed by atoms with Crippen molar-refractivity contribution in [3.63, 3.8) is 0 Å². The molecule has 0 aliphatic carbocycles. The highest BCUT2D eigenvalue weighted by atomic mass is 28.4. The zero-order chi connectivity index (χ0) is 20.1. The number of hydrogen-bond donors (Lipinski definition) is 0. The van der Waals surface area contributed by atoms with Crippen LogP contribution in [0.25, 0.3) is 0 Å². The Hall–Kier alpha value is -1.65. The van der Waals surface area contributed by atoms with Gasteiger partial charge in [-0.3, -0.25) is 4.79 Å². The first kappa shape index (κ1) is 21.6. The van der Waals surface area contributed by atoms with Crippen LogP contribution in [0.15, 0.2) is 55.1 Å². The van der Waals surface area contributed by atoms with Crippen LogP contribution >= 0.6 is 0 Å². The summed E-state index contributed by atoms with van der Waals surface area (Å²) in [6.45, 7) is 16.4. The van der Waals surface area contributed by atoms with Crippen molar-refractivity contribution in [2.75, 3.05) is 6.54 Å². The second kappa shape index (κ2) is 9.02. The Bertz CT molecular complexity index is 661. The summed E-state index contributed by atoms with van der Waals surface area (Å²) in [6.07, 6.45) is 7.64. The molecule has 0 unspecified atom stereocenters. The van der Waals surface area contributed by atoms with Gasteiger partial charge in [-0.15, -0.1) is 6.58 Å². The van der Waals surface area contributed by atoms with Gasteiger partial charge >= 0.3 is 0 Å². The van der Waals surface area contributed by atoms with E-state index >= 15 is 0 Å². The smallest absolute Gasteiger partial charge is 0.230 e. The first-order chi connectivity index (χ1) is 12.6. The summed E-state index contributed by atoms with van der Waals surface area (Å²) < 4.78 is 6.69. The lowest BCUT2D eigenvalue weighted by atomic mass is 10.0. The van der Waals surface area contributed by atoms with Gasteiger partial charge in [0.1, 0.15) is 0 Å². The molecule has 0 bridgehead atoms. The molecule has 0 spiro atoms. The van der Waals surface area contributed by atoms with Crippen LogP contribution in [0.3, 0.4) is 0 Å². The predicted molar refractivity (Wildman–Crippen MR) is 116 cm³/mol. The SMILES string of the molecule is C=C[C@H]1C/C=C/C[C@@H](O[Si](C)(C)C(C)(C)C)CN(Cc2ccccc2)C1=O. The highest BCUT2D eigenvalue weighted by Gasteiger charge is 2.39. The molecule has 1 aliphatic heterocycles. The van der Waals surface area contributed by atoms with Crippen LogP contribution in [0.2, 0.25) is 18.1 Å². The lowest BCUT2D eigenvalue weighted by molar-refractivity contribution is -0.135. The van der Waals surface area contributed by atoms with Gasteiger partial charge in [0.05, 0.1) is 12.0 Å². The minimum Gasteiger partial charge on any atom is -0.412 e. The summed E-state index contributed by atoms with van der Waals surface area (Å²) in [5.41, 5.74) is 1.15. The quantitative estimate of drug-likeness (QED) is 0.491. The molecule has 0 aromatic heterocycles. The van der Waals surface area contributed by atoms with Gasteiger partial charge in [0.25, 0.3) is 0 Å². The van der Waals surface area contributed by atoms with Crippen molar-refractivity contribution >= 4 is 14.2 Å². The molecule has 1 aromatic rings. The summed E-state index contributed by atoms with van der Waals surface area (Å²) in [7, 11) is -1.91. The minimum absolute atomic E-state index is 0.0263. The minimum atomic E-state index is -1.91. The first-order valence-electron chi connectivity index (χ1n) is 9.92. The molecule has 0 saturated carbocycles. The third-order valence-electron chi connectivity index (χ3n) is 5.78. The van der Waals surface area contributed by atoms with Crippen LogP contribution in [-0.4, -0.2) is 31.8 Å². The number of carbonyl (C=O) groups is 1. The van der Waals surface area contributed by atoms with Gasteiger partial charge in [-0.05, 0) is 36.5 Å². The van der Waals surface area contributed by atoms with E-state index in [0.717, 1.165) is 12.0 Å². The van der Waals surface area contributed by atoms with Gasteiger partial charge in [-0.1, -0.05) is 69.3 Å². The molecular weight excluding hydrogens is 350 g/mol. The van der Waals surface area contributed by atoms with E-state index in [0.29, 0.717) is 19.5 Å². The fraction of sp³-hybridized carbons (Fsp3) is 0.522. The molecule has 1 aliphatic rings. The normalized spacial score (nSPS) is 23.3. The molecule has 1 amide bonds. The Morgan fingerprint density at radius 3 is 2.41 bits per heavy atom. The standard InChI is InChI=1S/C23H35NO2Si/c1-7-20-15-11-12-16-21(26-27(5,6)23(2,3)4)18-24(22(20)25)17-19-13-9-8-10-14-19/h7-14,20-21H,1,15-18H2,2-6H3/b12-11+/t20-,21+/m0/s1. The lowest BCUT2D eigenvalue weighted by Crippen LogP contribution is -2.48. The fourth-order valence-corrected chi connectivity index (χ4v) is 4.42. The summed E-state index contributed by atoms with van der Waals surface area (Å²) >= 11 is 0. The maximum atomic E-state index is 13.2. The third-order valence-corrected chi connectivity index (χ3v) is 10.3. The number of amides is 1. The number of benzene rings is 1. The largest absolute Gasteiger partial charge is 0.412 e. The Labute approximate surface area is 166 Å². The van der Waals surface area contributed by atoms with E-state index < -0.39 is 8.32 Å². The van der Waals surface area contributed by atoms with Crippen LogP contribution in [0.1, 0.15) is 39.2 Å². The lowest BCUT2D eigenvalue weighted by Gasteiger charge is -2.40. The Morgan fingerprint density at radius 2 is 1.81 bits per heavy atom. The van der Waals surface area contributed by atoms with Crippen LogP contribution in [0, 0.1) is 5.92 Å². The molecule has 0 N–H and O–H groups in total. The summed E-state index contributed by atoms with van der Waals surface area (Å²) in [6, 6.07) is 10.2. The number of rotatable bonds is 5. The molecular formula is C23H35NO2Si. The average Bonchev–Trinajstić information content (AvgIpc) is 2.66. The van der Waals surface area contributed by atoms with Crippen molar-refractivity contribution in [1.29, 1.82) is 0 Å². The van der Waals surface area contributed by atoms with Crippen molar-refractivity contribution in [3.8, 4) is 0 Å². The van der Waals surface area contributed by atoms with Crippen molar-refractivity contribution in [2.24, 2.45) is 5.92 Å². The third kappa shape index (κ3) is 5.91. The molecule has 0 fully saturated rings. The van der Waals surface area contributed by atoms with Crippen molar-refractivity contribution in [3.05, 3.63) is 60.7 Å². The van der Waals surface area contributed by atoms with E-state index in [2.05, 4.69) is 64.7 Å². The number of hydrogen-bond acceptors (Lipinski definition) is 2. The second-order valence-corrected chi connectivity index (χ2v) is 13.7. The molecule has 2 rings (SSSR count). The van der Waals surface area contributed by atoms with Gasteiger partial charge in [0.15, 0.2) is 8.32 Å². The zero-order valence-electron chi connectivity index (χ0n) is 17.6. The monoisotopic (exact) mass is 385 g/mol. The zero-order valence-corrected chi connectivity index (χ0v) is 18.6. The number of allylic oxidation sites excluding steroid dienone is 1. The maximum absolute atomic E-state index is 13.2. The maximum Gasteiger partial charge on any atom is 0.230 e. The van der Waals surface area contributed by atoms with Crippen LogP contribution in [0.4, 0.5) is 0 Å². The van der Waals surface area contributed by atoms with Gasteiger partial charge in [0.2, 0.25) is 5.91 Å². The van der Waals surface area contributed by atoms with Crippen LogP contribution in [-0.2, 0) is 15.8 Å². The molecule has 2 atom stereocenters. The molecule has 1 aromatic carbocycles. The predicted octanol–water partition coefficient (Wildman–Crippen LogP) is 5.56. The Balaban J connectivity index is 2.26. The first-order valence-corrected chi connectivity index (χ1v) is 12.8. The molecule has 3 nitrogen and oxygen atoms in total. The average molecular weight is 386 g/mol. The number of carbonyl (C=O) groups excluding carboxylic acids is 1. The van der Waals surface area contributed by atoms with Crippen LogP contribution < -0.4 is 0 Å².